The average Bonchev–Trinajstić information content (AvgIpc) is 2.34. The van der Waals surface area contributed by atoms with Crippen molar-refractivity contribution in [2.45, 2.75) is 31.2 Å². The zero-order chi connectivity index (χ0) is 14.6. The number of rotatable bonds is 5. The van der Waals surface area contributed by atoms with Crippen LogP contribution in [0, 0.1) is 0 Å². The summed E-state index contributed by atoms with van der Waals surface area (Å²) in [7, 11) is 3.77. The molecule has 0 radical (unpaired) electrons. The van der Waals surface area contributed by atoms with Gasteiger partial charge in [-0.15, -0.1) is 0 Å². The summed E-state index contributed by atoms with van der Waals surface area (Å²) in [5, 5.41) is 0. The monoisotopic (exact) mass is 279 g/mol. The van der Waals surface area contributed by atoms with E-state index in [-0.39, 0.29) is 17.6 Å². The fraction of sp³-hybridized carbons (Fsp3) is 0.533. The molecule has 1 aromatic rings. The SMILES string of the molecule is COC(=O)C(C(c1ccccc1)[Si](C)(C)C)N(C)C. The van der Waals surface area contributed by atoms with Gasteiger partial charge in [-0.2, -0.15) is 0 Å². The van der Waals surface area contributed by atoms with Gasteiger partial charge < -0.3 is 4.74 Å². The smallest absolute Gasteiger partial charge is 0.323 e. The molecule has 0 amide bonds. The van der Waals surface area contributed by atoms with Crippen LogP contribution < -0.4 is 0 Å². The molecule has 0 saturated carbocycles. The summed E-state index contributed by atoms with van der Waals surface area (Å²) in [4.78, 5) is 14.1. The van der Waals surface area contributed by atoms with E-state index in [2.05, 4.69) is 31.8 Å². The predicted molar refractivity (Wildman–Crippen MR) is 82.0 cm³/mol. The quantitative estimate of drug-likeness (QED) is 0.613. The van der Waals surface area contributed by atoms with Crippen LogP contribution in [0.5, 0.6) is 0 Å². The lowest BCUT2D eigenvalue weighted by Crippen LogP contribution is -2.50. The van der Waals surface area contributed by atoms with Crippen molar-refractivity contribution >= 4 is 14.0 Å². The summed E-state index contributed by atoms with van der Waals surface area (Å²) >= 11 is 0. The molecule has 3 nitrogen and oxygen atoms in total. The Kier molecular flexibility index (Phi) is 5.32. The molecular formula is C15H25NO2Si. The number of carbonyl (C=O) groups excluding carboxylic acids is 1. The normalized spacial score (nSPS) is 15.1. The van der Waals surface area contributed by atoms with Gasteiger partial charge in [-0.1, -0.05) is 50.0 Å². The molecule has 0 heterocycles. The van der Waals surface area contributed by atoms with Crippen molar-refractivity contribution < 1.29 is 9.53 Å². The van der Waals surface area contributed by atoms with Gasteiger partial charge in [0.1, 0.15) is 6.04 Å². The van der Waals surface area contributed by atoms with Gasteiger partial charge in [-0.05, 0) is 19.7 Å². The first-order valence-corrected chi connectivity index (χ1v) is 10.2. The van der Waals surface area contributed by atoms with Gasteiger partial charge in [0.25, 0.3) is 0 Å². The van der Waals surface area contributed by atoms with E-state index in [0.717, 1.165) is 0 Å². The molecule has 0 spiro atoms. The zero-order valence-corrected chi connectivity index (χ0v) is 13.8. The molecule has 4 heteroatoms. The second-order valence-corrected chi connectivity index (χ2v) is 11.5. The number of esters is 1. The van der Waals surface area contributed by atoms with Crippen molar-refractivity contribution in [1.82, 2.24) is 4.90 Å². The Hall–Kier alpha value is -1.13. The number of ether oxygens (including phenoxy) is 1. The van der Waals surface area contributed by atoms with Crippen LogP contribution >= 0.6 is 0 Å². The lowest BCUT2D eigenvalue weighted by atomic mass is 10.0. The first-order chi connectivity index (χ1) is 8.79. The highest BCUT2D eigenvalue weighted by atomic mass is 28.3. The molecule has 0 bridgehead atoms. The number of nitrogens with zero attached hydrogens (tertiary/aromatic N) is 1. The Morgan fingerprint density at radius 1 is 1.16 bits per heavy atom. The standard InChI is InChI=1S/C15H25NO2Si/c1-16(2)13(15(17)18-3)14(19(4,5)6)12-10-8-7-9-11-12/h7-11,13-14H,1-6H3. The average molecular weight is 279 g/mol. The maximum atomic E-state index is 12.2. The molecule has 0 saturated heterocycles. The number of hydrogen-bond donors (Lipinski definition) is 0. The minimum atomic E-state index is -1.57. The van der Waals surface area contributed by atoms with E-state index in [9.17, 15) is 4.79 Å². The highest BCUT2D eigenvalue weighted by Gasteiger charge is 2.40. The van der Waals surface area contributed by atoms with E-state index in [4.69, 9.17) is 4.74 Å². The number of hydrogen-bond acceptors (Lipinski definition) is 3. The molecule has 0 fully saturated rings. The van der Waals surface area contributed by atoms with Gasteiger partial charge in [0.2, 0.25) is 0 Å². The van der Waals surface area contributed by atoms with Crippen LogP contribution in [0.15, 0.2) is 30.3 Å². The molecule has 0 aliphatic heterocycles. The summed E-state index contributed by atoms with van der Waals surface area (Å²) < 4.78 is 5.01. The van der Waals surface area contributed by atoms with Gasteiger partial charge in [-0.3, -0.25) is 9.69 Å². The van der Waals surface area contributed by atoms with E-state index in [1.807, 2.05) is 37.2 Å². The lowest BCUT2D eigenvalue weighted by Gasteiger charge is -2.38. The van der Waals surface area contributed by atoms with Crippen LogP contribution in [0.1, 0.15) is 11.1 Å². The van der Waals surface area contributed by atoms with E-state index >= 15 is 0 Å². The third-order valence-corrected chi connectivity index (χ3v) is 5.92. The predicted octanol–water partition coefficient (Wildman–Crippen LogP) is 2.75. The number of likely N-dealkylation sites (N-methyl/N-ethyl adjacent to an activating group) is 1. The van der Waals surface area contributed by atoms with Crippen LogP contribution in [0.3, 0.4) is 0 Å². The molecule has 0 aliphatic rings. The van der Waals surface area contributed by atoms with Crippen molar-refractivity contribution in [2.75, 3.05) is 21.2 Å². The molecule has 2 atom stereocenters. The Morgan fingerprint density at radius 2 is 1.68 bits per heavy atom. The zero-order valence-electron chi connectivity index (χ0n) is 12.8. The molecule has 2 unspecified atom stereocenters. The molecule has 0 N–H and O–H groups in total. The molecular weight excluding hydrogens is 254 g/mol. The molecule has 106 valence electrons. The minimum Gasteiger partial charge on any atom is -0.468 e. The first-order valence-electron chi connectivity index (χ1n) is 6.58. The van der Waals surface area contributed by atoms with Crippen LogP contribution in [-0.2, 0) is 9.53 Å². The Morgan fingerprint density at radius 3 is 2.05 bits per heavy atom. The fourth-order valence-corrected chi connectivity index (χ4v) is 5.16. The highest BCUT2D eigenvalue weighted by Crippen LogP contribution is 2.32. The second-order valence-electron chi connectivity index (χ2n) is 6.19. The number of benzene rings is 1. The first kappa shape index (κ1) is 15.9. The van der Waals surface area contributed by atoms with Crippen molar-refractivity contribution in [3.8, 4) is 0 Å². The third kappa shape index (κ3) is 3.91. The summed E-state index contributed by atoms with van der Waals surface area (Å²) in [6.45, 7) is 6.89. The Labute approximate surface area is 117 Å². The van der Waals surface area contributed by atoms with Crippen molar-refractivity contribution in [3.05, 3.63) is 35.9 Å². The van der Waals surface area contributed by atoms with Crippen LogP contribution in [-0.4, -0.2) is 46.2 Å². The Balaban J connectivity index is 3.27. The van der Waals surface area contributed by atoms with Gasteiger partial charge in [-0.25, -0.2) is 0 Å². The highest BCUT2D eigenvalue weighted by molar-refractivity contribution is 6.77. The number of methoxy groups -OCH3 is 1. The van der Waals surface area contributed by atoms with Crippen LogP contribution in [0.25, 0.3) is 0 Å². The molecule has 0 aliphatic carbocycles. The van der Waals surface area contributed by atoms with Gasteiger partial charge in [0.15, 0.2) is 0 Å². The Bertz CT molecular complexity index is 412. The van der Waals surface area contributed by atoms with E-state index in [0.29, 0.717) is 0 Å². The van der Waals surface area contributed by atoms with Gasteiger partial charge in [0, 0.05) is 5.54 Å². The maximum absolute atomic E-state index is 12.2. The number of carbonyl (C=O) groups is 1. The molecule has 0 aromatic heterocycles. The maximum Gasteiger partial charge on any atom is 0.323 e. The van der Waals surface area contributed by atoms with Gasteiger partial charge in [0.05, 0.1) is 15.2 Å². The van der Waals surface area contributed by atoms with Gasteiger partial charge >= 0.3 is 5.97 Å². The van der Waals surface area contributed by atoms with Crippen LogP contribution in [0.4, 0.5) is 0 Å². The fourth-order valence-electron chi connectivity index (χ4n) is 2.58. The topological polar surface area (TPSA) is 29.5 Å². The second kappa shape index (κ2) is 6.35. The van der Waals surface area contributed by atoms with E-state index < -0.39 is 8.07 Å². The summed E-state index contributed by atoms with van der Waals surface area (Å²) in [6, 6.07) is 10.1. The van der Waals surface area contributed by atoms with Crippen molar-refractivity contribution in [2.24, 2.45) is 0 Å². The van der Waals surface area contributed by atoms with E-state index in [1.165, 1.54) is 12.7 Å². The van der Waals surface area contributed by atoms with E-state index in [1.54, 1.807) is 0 Å². The van der Waals surface area contributed by atoms with Crippen molar-refractivity contribution in [1.29, 1.82) is 0 Å². The summed E-state index contributed by atoms with van der Waals surface area (Å²) in [6.07, 6.45) is 0. The van der Waals surface area contributed by atoms with Crippen molar-refractivity contribution in [3.63, 3.8) is 0 Å². The third-order valence-electron chi connectivity index (χ3n) is 3.41. The summed E-state index contributed by atoms with van der Waals surface area (Å²) in [5.41, 5.74) is 1.45. The lowest BCUT2D eigenvalue weighted by molar-refractivity contribution is -0.146. The largest absolute Gasteiger partial charge is 0.468 e. The minimum absolute atomic E-state index is 0.152. The van der Waals surface area contributed by atoms with Crippen LogP contribution in [0.2, 0.25) is 19.6 Å². The summed E-state index contributed by atoms with van der Waals surface area (Å²) in [5.74, 6) is -0.152. The molecule has 19 heavy (non-hydrogen) atoms. The molecule has 1 aromatic carbocycles. The molecule has 1 rings (SSSR count).